The number of halogens is 2. The molecule has 0 radical (unpaired) electrons. The van der Waals surface area contributed by atoms with Gasteiger partial charge in [-0.3, -0.25) is 4.79 Å². The van der Waals surface area contributed by atoms with Gasteiger partial charge in [-0.1, -0.05) is 29.3 Å². The van der Waals surface area contributed by atoms with Crippen molar-refractivity contribution in [3.8, 4) is 0 Å². The van der Waals surface area contributed by atoms with Gasteiger partial charge in [0.1, 0.15) is 5.00 Å². The first-order valence-corrected chi connectivity index (χ1v) is 10.0. The van der Waals surface area contributed by atoms with Gasteiger partial charge in [0.15, 0.2) is 0 Å². The van der Waals surface area contributed by atoms with Gasteiger partial charge in [0.25, 0.3) is 0 Å². The molecule has 0 atom stereocenters. The summed E-state index contributed by atoms with van der Waals surface area (Å²) in [6.45, 7) is 0. The number of thiophene rings is 1. The number of hydrogen-bond acceptors (Lipinski definition) is 4. The summed E-state index contributed by atoms with van der Waals surface area (Å²) < 4.78 is 4.93. The maximum atomic E-state index is 12.4. The Labute approximate surface area is 166 Å². The highest BCUT2D eigenvalue weighted by Crippen LogP contribution is 2.38. The molecule has 4 nitrogen and oxygen atoms in total. The van der Waals surface area contributed by atoms with E-state index in [0.29, 0.717) is 27.0 Å². The normalized spacial score (nSPS) is 13.2. The second kappa shape index (κ2) is 8.42. The Bertz CT molecular complexity index is 827. The third kappa shape index (κ3) is 4.05. The number of aryl methyl sites for hydroxylation is 1. The predicted molar refractivity (Wildman–Crippen MR) is 106 cm³/mol. The molecule has 1 aliphatic rings. The van der Waals surface area contributed by atoms with Crippen molar-refractivity contribution >= 4 is 51.4 Å². The lowest BCUT2D eigenvalue weighted by atomic mass is 9.95. The summed E-state index contributed by atoms with van der Waals surface area (Å²) in [4.78, 5) is 25.8. The number of fused-ring (bicyclic) bond motifs is 1. The fourth-order valence-electron chi connectivity index (χ4n) is 3.17. The third-order valence-electron chi connectivity index (χ3n) is 4.48. The second-order valence-electron chi connectivity index (χ2n) is 6.15. The molecule has 0 spiro atoms. The number of amides is 1. The van der Waals surface area contributed by atoms with E-state index in [-0.39, 0.29) is 12.3 Å². The van der Waals surface area contributed by atoms with Crippen LogP contribution in [0.25, 0.3) is 0 Å². The molecule has 0 unspecified atom stereocenters. The van der Waals surface area contributed by atoms with Crippen LogP contribution in [-0.4, -0.2) is 19.0 Å². The summed E-state index contributed by atoms with van der Waals surface area (Å²) in [7, 11) is 1.36. The molecule has 1 aliphatic carbocycles. The van der Waals surface area contributed by atoms with Crippen molar-refractivity contribution in [3.63, 3.8) is 0 Å². The lowest BCUT2D eigenvalue weighted by Gasteiger charge is -2.12. The van der Waals surface area contributed by atoms with Gasteiger partial charge in [0.2, 0.25) is 5.91 Å². The Morgan fingerprint density at radius 2 is 1.88 bits per heavy atom. The highest BCUT2D eigenvalue weighted by Gasteiger charge is 2.26. The van der Waals surface area contributed by atoms with Crippen LogP contribution in [0.3, 0.4) is 0 Å². The maximum absolute atomic E-state index is 12.4. The number of rotatable bonds is 5. The summed E-state index contributed by atoms with van der Waals surface area (Å²) in [6, 6.07) is 5.28. The van der Waals surface area contributed by atoms with E-state index in [1.165, 1.54) is 23.3 Å². The van der Waals surface area contributed by atoms with Crippen molar-refractivity contribution in [2.75, 3.05) is 12.4 Å². The number of hydrogen-bond donors (Lipinski definition) is 1. The van der Waals surface area contributed by atoms with Crippen LogP contribution in [0.5, 0.6) is 0 Å². The third-order valence-corrected chi connectivity index (χ3v) is 6.39. The smallest absolute Gasteiger partial charge is 0.341 e. The first-order chi connectivity index (χ1) is 12.5. The monoisotopic (exact) mass is 411 g/mol. The van der Waals surface area contributed by atoms with E-state index in [9.17, 15) is 9.59 Å². The Balaban J connectivity index is 1.75. The molecule has 1 aromatic carbocycles. The van der Waals surface area contributed by atoms with Gasteiger partial charge in [-0.25, -0.2) is 4.79 Å². The molecule has 1 amide bonds. The van der Waals surface area contributed by atoms with Crippen LogP contribution < -0.4 is 5.32 Å². The summed E-state index contributed by atoms with van der Waals surface area (Å²) in [5, 5.41) is 4.56. The van der Waals surface area contributed by atoms with Crippen molar-refractivity contribution in [1.82, 2.24) is 0 Å². The van der Waals surface area contributed by atoms with Crippen LogP contribution >= 0.6 is 34.5 Å². The molecular formula is C19H19Cl2NO3S. The van der Waals surface area contributed by atoms with E-state index < -0.39 is 5.97 Å². The number of methoxy groups -OCH3 is 1. The number of nitrogens with one attached hydrogen (secondary N) is 1. The molecule has 7 heteroatoms. The Hall–Kier alpha value is -1.56. The quantitative estimate of drug-likeness (QED) is 0.679. The maximum Gasteiger partial charge on any atom is 0.341 e. The van der Waals surface area contributed by atoms with Crippen LogP contribution in [0, 0.1) is 0 Å². The molecule has 2 aromatic rings. The van der Waals surface area contributed by atoms with E-state index in [1.54, 1.807) is 18.2 Å². The number of benzene rings is 1. The molecule has 3 rings (SSSR count). The zero-order valence-corrected chi connectivity index (χ0v) is 16.7. The van der Waals surface area contributed by atoms with Gasteiger partial charge in [-0.05, 0) is 55.4 Å². The van der Waals surface area contributed by atoms with Gasteiger partial charge >= 0.3 is 5.97 Å². The van der Waals surface area contributed by atoms with Gasteiger partial charge in [0, 0.05) is 21.3 Å². The molecule has 26 heavy (non-hydrogen) atoms. The first kappa shape index (κ1) is 19.2. The van der Waals surface area contributed by atoms with Crippen molar-refractivity contribution < 1.29 is 14.3 Å². The molecule has 0 aliphatic heterocycles. The molecule has 138 valence electrons. The number of ether oxygens (including phenoxy) is 1. The average Bonchev–Trinajstić information content (AvgIpc) is 2.98. The van der Waals surface area contributed by atoms with Gasteiger partial charge in [-0.2, -0.15) is 0 Å². The summed E-state index contributed by atoms with van der Waals surface area (Å²) >= 11 is 13.8. The van der Waals surface area contributed by atoms with E-state index in [0.717, 1.165) is 36.8 Å². The Kier molecular flexibility index (Phi) is 6.22. The molecule has 0 saturated heterocycles. The fourth-order valence-corrected chi connectivity index (χ4v) is 5.05. The van der Waals surface area contributed by atoms with E-state index in [2.05, 4.69) is 5.32 Å². The van der Waals surface area contributed by atoms with E-state index in [1.807, 2.05) is 0 Å². The predicted octanol–water partition coefficient (Wildman–Crippen LogP) is 5.29. The zero-order chi connectivity index (χ0) is 18.7. The van der Waals surface area contributed by atoms with Crippen molar-refractivity contribution in [1.29, 1.82) is 0 Å². The van der Waals surface area contributed by atoms with Crippen molar-refractivity contribution in [3.05, 3.63) is 49.8 Å². The van der Waals surface area contributed by atoms with Crippen LogP contribution in [0.2, 0.25) is 10.0 Å². The zero-order valence-electron chi connectivity index (χ0n) is 14.4. The summed E-state index contributed by atoms with van der Waals surface area (Å²) in [5.74, 6) is -0.571. The number of carbonyl (C=O) groups excluding carboxylic acids is 2. The Morgan fingerprint density at radius 3 is 2.58 bits per heavy atom. The minimum absolute atomic E-state index is 0.176. The molecule has 1 aromatic heterocycles. The van der Waals surface area contributed by atoms with Gasteiger partial charge < -0.3 is 10.1 Å². The molecule has 0 saturated carbocycles. The van der Waals surface area contributed by atoms with E-state index in [4.69, 9.17) is 27.9 Å². The molecule has 1 heterocycles. The summed E-state index contributed by atoms with van der Waals surface area (Å²) in [5.41, 5.74) is 2.29. The summed E-state index contributed by atoms with van der Waals surface area (Å²) in [6.07, 6.45) is 4.60. The van der Waals surface area contributed by atoms with Gasteiger partial charge in [0.05, 0.1) is 12.7 Å². The van der Waals surface area contributed by atoms with E-state index >= 15 is 0 Å². The minimum Gasteiger partial charge on any atom is -0.465 e. The Morgan fingerprint density at radius 1 is 1.19 bits per heavy atom. The number of carbonyl (C=O) groups is 2. The van der Waals surface area contributed by atoms with Crippen LogP contribution in [0.15, 0.2) is 18.2 Å². The highest BCUT2D eigenvalue weighted by atomic mass is 35.5. The molecule has 1 N–H and O–H groups in total. The first-order valence-electron chi connectivity index (χ1n) is 8.47. The largest absolute Gasteiger partial charge is 0.465 e. The average molecular weight is 412 g/mol. The van der Waals surface area contributed by atoms with Crippen LogP contribution in [-0.2, 0) is 28.8 Å². The standard InChI is InChI=1S/C19H19Cl2NO3S/c1-25-19(24)17-12-5-2-3-8-15(12)26-18(17)22-16(23)10-9-11-13(20)6-4-7-14(11)21/h4,6-7H,2-3,5,8-10H2,1H3,(H,22,23). The molecule has 0 fully saturated rings. The fraction of sp³-hybridized carbons (Fsp3) is 0.368. The lowest BCUT2D eigenvalue weighted by Crippen LogP contribution is -2.15. The van der Waals surface area contributed by atoms with Crippen LogP contribution in [0.4, 0.5) is 5.00 Å². The highest BCUT2D eigenvalue weighted by molar-refractivity contribution is 7.17. The number of esters is 1. The van der Waals surface area contributed by atoms with Crippen molar-refractivity contribution in [2.45, 2.75) is 38.5 Å². The second-order valence-corrected chi connectivity index (χ2v) is 8.07. The van der Waals surface area contributed by atoms with Crippen molar-refractivity contribution in [2.24, 2.45) is 0 Å². The molecular weight excluding hydrogens is 393 g/mol. The lowest BCUT2D eigenvalue weighted by molar-refractivity contribution is -0.116. The SMILES string of the molecule is COC(=O)c1c(NC(=O)CCc2c(Cl)cccc2Cl)sc2c1CCCC2. The molecule has 0 bridgehead atoms. The topological polar surface area (TPSA) is 55.4 Å². The van der Waals surface area contributed by atoms with Gasteiger partial charge in [-0.15, -0.1) is 11.3 Å². The van der Waals surface area contributed by atoms with Crippen LogP contribution in [0.1, 0.15) is 45.6 Å². The minimum atomic E-state index is -0.395. The number of anilines is 1.